The normalized spacial score (nSPS) is 25.7. The van der Waals surface area contributed by atoms with Crippen molar-refractivity contribution in [2.45, 2.75) is 36.2 Å². The Balaban J connectivity index is 0.000000368. The predicted octanol–water partition coefficient (Wildman–Crippen LogP) is 3.58. The molecule has 2 N–H and O–H groups in total. The molecule has 0 spiro atoms. The molecule has 0 aromatic carbocycles. The summed E-state index contributed by atoms with van der Waals surface area (Å²) in [5.41, 5.74) is 0. The molecule has 15 heteroatoms. The third-order valence-electron chi connectivity index (χ3n) is 3.19. The van der Waals surface area contributed by atoms with Gasteiger partial charge in [0.2, 0.25) is 0 Å². The van der Waals surface area contributed by atoms with Crippen molar-refractivity contribution in [3.63, 3.8) is 0 Å². The summed E-state index contributed by atoms with van der Waals surface area (Å²) < 4.78 is 59.0. The van der Waals surface area contributed by atoms with E-state index in [9.17, 15) is 16.8 Å². The van der Waals surface area contributed by atoms with Gasteiger partial charge in [0.15, 0.2) is 0 Å². The summed E-state index contributed by atoms with van der Waals surface area (Å²) in [7, 11) is 12.4. The van der Waals surface area contributed by atoms with Crippen LogP contribution in [0.1, 0.15) is 25.7 Å². The Morgan fingerprint density at radius 3 is 1.16 bits per heavy atom. The van der Waals surface area contributed by atoms with E-state index in [2.05, 4.69) is 10.6 Å². The topological polar surface area (TPSA) is 137 Å². The molecule has 156 valence electrons. The molecule has 2 atom stereocenters. The summed E-state index contributed by atoms with van der Waals surface area (Å²) in [5, 5.41) is 6.50. The molecule has 2 aliphatic rings. The summed E-state index contributed by atoms with van der Waals surface area (Å²) in [6, 6.07) is 0. The Kier molecular flexibility index (Phi) is 13.0. The maximum absolute atomic E-state index is 10.5. The molecular formula is C10H20Cl4N2O6PtS2. The van der Waals surface area contributed by atoms with Gasteiger partial charge < -0.3 is 10.6 Å². The van der Waals surface area contributed by atoms with Crippen molar-refractivity contribution < 1.29 is 37.8 Å². The molecule has 0 saturated carbocycles. The van der Waals surface area contributed by atoms with Crippen molar-refractivity contribution in [3.8, 4) is 0 Å². The van der Waals surface area contributed by atoms with E-state index in [-0.39, 0.29) is 13.1 Å². The van der Waals surface area contributed by atoms with E-state index in [0.29, 0.717) is 12.8 Å². The van der Waals surface area contributed by atoms with Gasteiger partial charge in [0.1, 0.15) is 0 Å². The van der Waals surface area contributed by atoms with E-state index < -0.39 is 42.6 Å². The van der Waals surface area contributed by atoms with Gasteiger partial charge in [-0.2, -0.15) is 16.8 Å². The number of piperidine rings is 2. The van der Waals surface area contributed by atoms with Crippen LogP contribution in [0.2, 0.25) is 0 Å². The number of rotatable bonds is 2. The molecule has 2 rings (SSSR count). The first-order chi connectivity index (χ1) is 11.2. The van der Waals surface area contributed by atoms with Crippen LogP contribution < -0.4 is 0 Å². The van der Waals surface area contributed by atoms with E-state index in [1.165, 1.54) is 0 Å². The predicted molar refractivity (Wildman–Crippen MR) is 98.7 cm³/mol. The van der Waals surface area contributed by atoms with Gasteiger partial charge >= 0.3 is 49.6 Å². The molecule has 8 nitrogen and oxygen atoms in total. The summed E-state index contributed by atoms with van der Waals surface area (Å²) >= 11 is -3.06. The zero-order valence-corrected chi connectivity index (χ0v) is 19.8. The maximum atomic E-state index is 10.5. The fraction of sp³-hybridized carbons (Fsp3) is 1.00. The van der Waals surface area contributed by atoms with E-state index in [4.69, 9.17) is 46.8 Å². The van der Waals surface area contributed by atoms with Crippen molar-refractivity contribution in [2.75, 3.05) is 26.2 Å². The third kappa shape index (κ3) is 16.3. The minimum absolute atomic E-state index is 0.263. The average Bonchev–Trinajstić information content (AvgIpc) is 2.46. The summed E-state index contributed by atoms with van der Waals surface area (Å²) in [5.74, 6) is 0. The molecule has 0 bridgehead atoms. The Hall–Kier alpha value is 1.59. The minimum atomic E-state index is -3.82. The van der Waals surface area contributed by atoms with Crippen LogP contribution in [0.5, 0.6) is 0 Å². The Morgan fingerprint density at radius 2 is 1.04 bits per heavy atom. The summed E-state index contributed by atoms with van der Waals surface area (Å²) in [6.45, 7) is 1.98. The molecule has 2 heterocycles. The van der Waals surface area contributed by atoms with Crippen molar-refractivity contribution in [2.24, 2.45) is 0 Å². The number of halogens is 4. The van der Waals surface area contributed by atoms with Crippen LogP contribution in [0.25, 0.3) is 10.6 Å². The van der Waals surface area contributed by atoms with E-state index in [0.717, 1.165) is 25.9 Å². The quantitative estimate of drug-likeness (QED) is 0.433. The Bertz CT molecular complexity index is 523. The molecule has 0 aromatic heterocycles. The van der Waals surface area contributed by atoms with Crippen molar-refractivity contribution in [3.05, 3.63) is 10.6 Å². The van der Waals surface area contributed by atoms with Crippen LogP contribution >= 0.6 is 37.7 Å². The van der Waals surface area contributed by atoms with E-state index >= 15 is 0 Å². The summed E-state index contributed by atoms with van der Waals surface area (Å²) in [6.07, 6.45) is 2.62. The van der Waals surface area contributed by atoms with Gasteiger partial charge in [-0.05, 0) is 12.8 Å². The van der Waals surface area contributed by atoms with Gasteiger partial charge in [-0.15, -0.1) is 26.2 Å². The summed E-state index contributed by atoms with van der Waals surface area (Å²) in [4.78, 5) is 0. The van der Waals surface area contributed by atoms with Gasteiger partial charge in [-0.1, -0.05) is 12.8 Å². The first kappa shape index (κ1) is 26.6. The average molecular weight is 665 g/mol. The standard InChI is InChI=1S/2C5H10NO3S.4ClH.Pt/c2*7-10(8,9)5-2-1-3-6-4-5;;;;;/h2*5H,1-4H2,(H,7,8,9);4*1H;/q2*-1;;;;;+6/p-4. The molecule has 0 aliphatic carbocycles. The molecule has 0 aromatic rings. The van der Waals surface area contributed by atoms with Crippen LogP contribution in [0.3, 0.4) is 0 Å². The second-order valence-corrected chi connectivity index (χ2v) is 28.2. The number of nitrogens with zero attached hydrogens (tertiary/aromatic N) is 2. The molecule has 2 fully saturated rings. The van der Waals surface area contributed by atoms with Gasteiger partial charge in [0.25, 0.3) is 20.2 Å². The molecular weight excluding hydrogens is 645 g/mol. The molecule has 0 radical (unpaired) electrons. The zero-order valence-electron chi connectivity index (χ0n) is 12.9. The first-order valence-corrected chi connectivity index (χ1v) is 21.1. The van der Waals surface area contributed by atoms with E-state index in [1.54, 1.807) is 0 Å². The molecule has 0 amide bonds. The first-order valence-electron chi connectivity index (χ1n) is 6.88. The molecule has 2 unspecified atom stereocenters. The monoisotopic (exact) mass is 663 g/mol. The van der Waals surface area contributed by atoms with Crippen LogP contribution in [-0.4, -0.2) is 62.6 Å². The van der Waals surface area contributed by atoms with Gasteiger partial charge in [0.05, 0.1) is 10.5 Å². The second kappa shape index (κ2) is 12.2. The fourth-order valence-corrected chi connectivity index (χ4v) is 3.52. The number of hydrogen-bond acceptors (Lipinski definition) is 4. The zero-order chi connectivity index (χ0) is 19.7. The second-order valence-electron chi connectivity index (χ2n) is 5.09. The van der Waals surface area contributed by atoms with Crippen LogP contribution in [0.4, 0.5) is 0 Å². The molecule has 2 saturated heterocycles. The van der Waals surface area contributed by atoms with Crippen molar-refractivity contribution in [1.29, 1.82) is 0 Å². The van der Waals surface area contributed by atoms with Crippen molar-refractivity contribution in [1.82, 2.24) is 0 Å². The van der Waals surface area contributed by atoms with Crippen LogP contribution in [0, 0.1) is 0 Å². The Labute approximate surface area is 167 Å². The Morgan fingerprint density at radius 1 is 0.760 bits per heavy atom. The van der Waals surface area contributed by atoms with E-state index in [1.807, 2.05) is 0 Å². The SMILES string of the molecule is O=S(=O)(O)C1CCC[N-]C1.O=S(=O)(O)C1CCC[N-]C1.[Cl][Pt+2]([Cl])([Cl])[Cl]. The van der Waals surface area contributed by atoms with Gasteiger partial charge in [-0.3, -0.25) is 9.11 Å². The third-order valence-corrected chi connectivity index (χ3v) is 5.65. The van der Waals surface area contributed by atoms with Crippen LogP contribution in [0.15, 0.2) is 0 Å². The van der Waals surface area contributed by atoms with Crippen LogP contribution in [-0.2, 0) is 32.1 Å². The molecule has 25 heavy (non-hydrogen) atoms. The fourth-order valence-electron chi connectivity index (χ4n) is 2.00. The van der Waals surface area contributed by atoms with Crippen molar-refractivity contribution >= 4 is 57.9 Å². The molecule has 2 aliphatic heterocycles. The number of hydrogen-bond donors (Lipinski definition) is 2. The van der Waals surface area contributed by atoms with Gasteiger partial charge in [-0.25, -0.2) is 0 Å². The van der Waals surface area contributed by atoms with Gasteiger partial charge in [0, 0.05) is 0 Å².